The van der Waals surface area contributed by atoms with Gasteiger partial charge in [-0.05, 0) is 58.2 Å². The molecule has 166 valence electrons. The highest BCUT2D eigenvalue weighted by Gasteiger charge is 2.29. The molecule has 3 rings (SSSR count). The molecule has 0 aliphatic carbocycles. The van der Waals surface area contributed by atoms with Crippen molar-refractivity contribution in [2.75, 3.05) is 13.7 Å². The molecule has 1 N–H and O–H groups in total. The molecule has 0 aliphatic rings. The van der Waals surface area contributed by atoms with Crippen LogP contribution in [-0.4, -0.2) is 39.3 Å². The lowest BCUT2D eigenvalue weighted by Crippen LogP contribution is -2.28. The van der Waals surface area contributed by atoms with E-state index in [0.717, 1.165) is 24.2 Å². The Hall–Kier alpha value is -3.16. The van der Waals surface area contributed by atoms with Crippen LogP contribution in [0.1, 0.15) is 51.2 Å². The molecule has 0 saturated carbocycles. The summed E-state index contributed by atoms with van der Waals surface area (Å²) < 4.78 is 12.4. The number of aryl methyl sites for hydroxylation is 2. The number of H-pyrrole nitrogens is 1. The van der Waals surface area contributed by atoms with E-state index in [1.54, 1.807) is 4.52 Å². The third kappa shape index (κ3) is 4.47. The van der Waals surface area contributed by atoms with E-state index < -0.39 is 5.41 Å². The Morgan fingerprint density at radius 1 is 1.26 bits per heavy atom. The van der Waals surface area contributed by atoms with Crippen molar-refractivity contribution in [3.8, 4) is 17.1 Å². The molecule has 0 aliphatic heterocycles. The molecule has 0 atom stereocenters. The predicted octanol–water partition coefficient (Wildman–Crippen LogP) is 3.49. The van der Waals surface area contributed by atoms with Gasteiger partial charge in [0.2, 0.25) is 0 Å². The van der Waals surface area contributed by atoms with Gasteiger partial charge in [-0.15, -0.1) is 5.10 Å². The van der Waals surface area contributed by atoms with Crippen molar-refractivity contribution in [1.29, 1.82) is 0 Å². The second-order valence-electron chi connectivity index (χ2n) is 8.24. The molecule has 0 spiro atoms. The first kappa shape index (κ1) is 22.5. The standard InChI is InChI=1S/C23H30N4O4/c1-7-9-18-24-14(3)19-21(28)25-20(26-27(18)19)16-12-15(10-11-17(16)31-8-2)13-23(4,5)22(29)30-6/h10-12H,7-9,13H2,1-6H3,(H,25,26,28). The van der Waals surface area contributed by atoms with Gasteiger partial charge in [-0.25, -0.2) is 9.50 Å². The van der Waals surface area contributed by atoms with Crippen LogP contribution in [0.25, 0.3) is 16.9 Å². The monoisotopic (exact) mass is 426 g/mol. The summed E-state index contributed by atoms with van der Waals surface area (Å²) in [7, 11) is 1.39. The minimum Gasteiger partial charge on any atom is -0.493 e. The van der Waals surface area contributed by atoms with Crippen LogP contribution in [0.2, 0.25) is 0 Å². The molecular weight excluding hydrogens is 396 g/mol. The average Bonchev–Trinajstić information content (AvgIpc) is 3.04. The largest absolute Gasteiger partial charge is 0.493 e. The van der Waals surface area contributed by atoms with E-state index in [4.69, 9.17) is 14.6 Å². The van der Waals surface area contributed by atoms with Crippen LogP contribution in [-0.2, 0) is 22.4 Å². The molecule has 0 amide bonds. The second kappa shape index (κ2) is 8.91. The number of methoxy groups -OCH3 is 1. The number of nitrogens with one attached hydrogen (secondary N) is 1. The van der Waals surface area contributed by atoms with E-state index in [2.05, 4.69) is 16.9 Å². The van der Waals surface area contributed by atoms with E-state index >= 15 is 0 Å². The average molecular weight is 427 g/mol. The molecule has 0 fully saturated rings. The topological polar surface area (TPSA) is 98.6 Å². The molecule has 3 aromatic rings. The lowest BCUT2D eigenvalue weighted by Gasteiger charge is -2.22. The van der Waals surface area contributed by atoms with Gasteiger partial charge in [-0.3, -0.25) is 9.59 Å². The SMILES string of the molecule is CCCc1nc(C)c2c(=O)[nH]c(-c3cc(CC(C)(C)C(=O)OC)ccc3OCC)nn12. The number of benzene rings is 1. The first-order chi connectivity index (χ1) is 14.7. The van der Waals surface area contributed by atoms with Gasteiger partial charge >= 0.3 is 5.97 Å². The first-order valence-electron chi connectivity index (χ1n) is 10.5. The van der Waals surface area contributed by atoms with Crippen LogP contribution < -0.4 is 10.3 Å². The van der Waals surface area contributed by atoms with E-state index in [1.165, 1.54) is 7.11 Å². The van der Waals surface area contributed by atoms with Crippen molar-refractivity contribution in [3.63, 3.8) is 0 Å². The van der Waals surface area contributed by atoms with Gasteiger partial charge in [0.05, 0.1) is 30.4 Å². The third-order valence-corrected chi connectivity index (χ3v) is 5.20. The zero-order chi connectivity index (χ0) is 22.8. The number of nitrogens with zero attached hydrogens (tertiary/aromatic N) is 3. The van der Waals surface area contributed by atoms with Gasteiger partial charge in [0.25, 0.3) is 5.56 Å². The molecule has 0 saturated heterocycles. The Morgan fingerprint density at radius 3 is 2.65 bits per heavy atom. The van der Waals surface area contributed by atoms with E-state index in [0.29, 0.717) is 41.4 Å². The van der Waals surface area contributed by atoms with Crippen molar-refractivity contribution in [2.45, 2.75) is 53.9 Å². The summed E-state index contributed by atoms with van der Waals surface area (Å²) >= 11 is 0. The zero-order valence-electron chi connectivity index (χ0n) is 19.0. The number of ether oxygens (including phenoxy) is 2. The molecule has 31 heavy (non-hydrogen) atoms. The number of hydrogen-bond donors (Lipinski definition) is 1. The summed E-state index contributed by atoms with van der Waals surface area (Å²) in [5.74, 6) is 1.48. The van der Waals surface area contributed by atoms with E-state index in [9.17, 15) is 9.59 Å². The fourth-order valence-corrected chi connectivity index (χ4v) is 3.76. The van der Waals surface area contributed by atoms with Crippen LogP contribution in [0.15, 0.2) is 23.0 Å². The predicted molar refractivity (Wildman–Crippen MR) is 118 cm³/mol. The Balaban J connectivity index is 2.16. The van der Waals surface area contributed by atoms with Crippen LogP contribution in [0.4, 0.5) is 0 Å². The molecule has 8 heteroatoms. The van der Waals surface area contributed by atoms with E-state index in [-0.39, 0.29) is 11.5 Å². The number of rotatable bonds is 8. The molecular formula is C23H30N4O4. The van der Waals surface area contributed by atoms with Gasteiger partial charge in [0.1, 0.15) is 11.6 Å². The van der Waals surface area contributed by atoms with Crippen LogP contribution in [0.5, 0.6) is 5.75 Å². The zero-order valence-corrected chi connectivity index (χ0v) is 19.0. The summed E-state index contributed by atoms with van der Waals surface area (Å²) in [5, 5.41) is 4.70. The highest BCUT2D eigenvalue weighted by atomic mass is 16.5. The lowest BCUT2D eigenvalue weighted by atomic mass is 9.85. The molecule has 0 unspecified atom stereocenters. The van der Waals surface area contributed by atoms with Crippen LogP contribution in [0, 0.1) is 12.3 Å². The highest BCUT2D eigenvalue weighted by Crippen LogP contribution is 2.32. The fraction of sp³-hybridized carbons (Fsp3) is 0.478. The number of carbonyl (C=O) groups excluding carboxylic acids is 1. The van der Waals surface area contributed by atoms with Crippen molar-refractivity contribution < 1.29 is 14.3 Å². The highest BCUT2D eigenvalue weighted by molar-refractivity contribution is 5.76. The van der Waals surface area contributed by atoms with Crippen molar-refractivity contribution in [2.24, 2.45) is 5.41 Å². The Labute approximate surface area is 181 Å². The molecule has 0 radical (unpaired) electrons. The normalized spacial score (nSPS) is 11.7. The summed E-state index contributed by atoms with van der Waals surface area (Å²) in [6.45, 7) is 9.92. The van der Waals surface area contributed by atoms with Crippen molar-refractivity contribution >= 4 is 11.5 Å². The minimum absolute atomic E-state index is 0.250. The number of imidazole rings is 1. The Bertz CT molecular complexity index is 1160. The maximum atomic E-state index is 12.9. The summed E-state index contributed by atoms with van der Waals surface area (Å²) in [5.41, 5.74) is 1.73. The minimum atomic E-state index is -0.695. The van der Waals surface area contributed by atoms with E-state index in [1.807, 2.05) is 45.9 Å². The molecule has 2 aromatic heterocycles. The molecule has 0 bridgehead atoms. The number of aromatic nitrogens is 4. The van der Waals surface area contributed by atoms with Gasteiger partial charge in [-0.1, -0.05) is 13.0 Å². The number of hydrogen-bond acceptors (Lipinski definition) is 6. The number of aromatic amines is 1. The smallest absolute Gasteiger partial charge is 0.311 e. The van der Waals surface area contributed by atoms with Crippen molar-refractivity contribution in [1.82, 2.24) is 19.6 Å². The number of fused-ring (bicyclic) bond motifs is 1. The first-order valence-corrected chi connectivity index (χ1v) is 10.5. The summed E-state index contributed by atoms with van der Waals surface area (Å²) in [4.78, 5) is 32.4. The summed E-state index contributed by atoms with van der Waals surface area (Å²) in [6, 6.07) is 5.67. The summed E-state index contributed by atoms with van der Waals surface area (Å²) in [6.07, 6.45) is 2.08. The maximum Gasteiger partial charge on any atom is 0.311 e. The molecule has 2 heterocycles. The van der Waals surface area contributed by atoms with Crippen LogP contribution >= 0.6 is 0 Å². The van der Waals surface area contributed by atoms with Gasteiger partial charge < -0.3 is 14.5 Å². The Kier molecular flexibility index (Phi) is 6.48. The van der Waals surface area contributed by atoms with Crippen molar-refractivity contribution in [3.05, 3.63) is 45.6 Å². The molecule has 1 aromatic carbocycles. The quantitative estimate of drug-likeness (QED) is 0.554. The van der Waals surface area contributed by atoms with Crippen LogP contribution in [0.3, 0.4) is 0 Å². The van der Waals surface area contributed by atoms with Gasteiger partial charge in [0.15, 0.2) is 11.3 Å². The molecule has 8 nitrogen and oxygen atoms in total. The fourth-order valence-electron chi connectivity index (χ4n) is 3.76. The number of esters is 1. The lowest BCUT2D eigenvalue weighted by molar-refractivity contribution is -0.150. The van der Waals surface area contributed by atoms with Gasteiger partial charge in [0, 0.05) is 6.42 Å². The third-order valence-electron chi connectivity index (χ3n) is 5.20. The van der Waals surface area contributed by atoms with Gasteiger partial charge in [-0.2, -0.15) is 0 Å². The number of carbonyl (C=O) groups is 1. The second-order valence-corrected chi connectivity index (χ2v) is 8.24. The Morgan fingerprint density at radius 2 is 2.00 bits per heavy atom. The maximum absolute atomic E-state index is 12.9.